The van der Waals surface area contributed by atoms with Gasteiger partial charge >= 0.3 is 0 Å². The van der Waals surface area contributed by atoms with Gasteiger partial charge in [0.1, 0.15) is 11.6 Å². The van der Waals surface area contributed by atoms with Gasteiger partial charge in [0.05, 0.1) is 5.60 Å². The minimum atomic E-state index is -0.586. The Balaban J connectivity index is 0.00000124. The average Bonchev–Trinajstić information content (AvgIpc) is 2.98. The van der Waals surface area contributed by atoms with Gasteiger partial charge in [0.25, 0.3) is 0 Å². The largest absolute Gasteiger partial charge is 0.390 e. The minimum Gasteiger partial charge on any atom is -0.390 e. The molecule has 4 rings (SSSR count). The van der Waals surface area contributed by atoms with Crippen LogP contribution < -0.4 is 0 Å². The van der Waals surface area contributed by atoms with Crippen molar-refractivity contribution in [1.29, 1.82) is 0 Å². The fourth-order valence-corrected chi connectivity index (χ4v) is 8.22. The number of carbonyl (C=O) groups is 2. The molecule has 3 nitrogen and oxygen atoms in total. The molecular formula is C27H46O3. The lowest BCUT2D eigenvalue weighted by molar-refractivity contribution is -0.160. The Bertz CT molecular complexity index is 647. The molecule has 7 unspecified atom stereocenters. The van der Waals surface area contributed by atoms with Crippen molar-refractivity contribution >= 4 is 11.6 Å². The monoisotopic (exact) mass is 418 g/mol. The molecule has 0 saturated heterocycles. The van der Waals surface area contributed by atoms with Crippen LogP contribution in [0.3, 0.4) is 0 Å². The summed E-state index contributed by atoms with van der Waals surface area (Å²) >= 11 is 0. The van der Waals surface area contributed by atoms with Gasteiger partial charge in [-0.05, 0) is 93.3 Å². The van der Waals surface area contributed by atoms with Crippen molar-refractivity contribution in [3.63, 3.8) is 0 Å². The van der Waals surface area contributed by atoms with E-state index >= 15 is 0 Å². The summed E-state index contributed by atoms with van der Waals surface area (Å²) in [6.07, 6.45) is 11.0. The van der Waals surface area contributed by atoms with E-state index in [0.717, 1.165) is 44.9 Å². The van der Waals surface area contributed by atoms with Crippen LogP contribution in [0.4, 0.5) is 0 Å². The highest BCUT2D eigenvalue weighted by atomic mass is 16.3. The zero-order chi connectivity index (χ0) is 22.3. The van der Waals surface area contributed by atoms with E-state index in [9.17, 15) is 14.7 Å². The van der Waals surface area contributed by atoms with E-state index < -0.39 is 5.60 Å². The van der Waals surface area contributed by atoms with Crippen LogP contribution in [0, 0.1) is 40.4 Å². The van der Waals surface area contributed by atoms with Crippen molar-refractivity contribution in [2.24, 2.45) is 40.4 Å². The van der Waals surface area contributed by atoms with Crippen molar-refractivity contribution in [2.45, 2.75) is 118 Å². The third-order valence-electron chi connectivity index (χ3n) is 9.70. The van der Waals surface area contributed by atoms with E-state index in [0.29, 0.717) is 48.1 Å². The van der Waals surface area contributed by atoms with Crippen molar-refractivity contribution in [3.05, 3.63) is 0 Å². The minimum absolute atomic E-state index is 0.0637. The van der Waals surface area contributed by atoms with Crippen molar-refractivity contribution in [3.8, 4) is 0 Å². The lowest BCUT2D eigenvalue weighted by atomic mass is 9.44. The first-order chi connectivity index (χ1) is 14.0. The Labute approximate surface area is 184 Å². The Morgan fingerprint density at radius 1 is 1.03 bits per heavy atom. The van der Waals surface area contributed by atoms with E-state index in [1.807, 2.05) is 27.7 Å². The van der Waals surface area contributed by atoms with E-state index in [1.165, 1.54) is 12.8 Å². The number of hydrogen-bond acceptors (Lipinski definition) is 3. The summed E-state index contributed by atoms with van der Waals surface area (Å²) in [7, 11) is 0. The van der Waals surface area contributed by atoms with Crippen LogP contribution in [0.25, 0.3) is 0 Å². The Kier molecular flexibility index (Phi) is 6.93. The van der Waals surface area contributed by atoms with Crippen LogP contribution in [0.2, 0.25) is 0 Å². The number of hydrogen-bond donors (Lipinski definition) is 1. The molecule has 30 heavy (non-hydrogen) atoms. The summed E-state index contributed by atoms with van der Waals surface area (Å²) in [5, 5.41) is 10.1. The molecule has 7 atom stereocenters. The van der Waals surface area contributed by atoms with E-state index in [-0.39, 0.29) is 16.7 Å². The van der Waals surface area contributed by atoms with Gasteiger partial charge in [-0.25, -0.2) is 0 Å². The molecule has 1 N–H and O–H groups in total. The van der Waals surface area contributed by atoms with Gasteiger partial charge in [-0.3, -0.25) is 9.59 Å². The topological polar surface area (TPSA) is 54.4 Å². The molecule has 0 aliphatic heterocycles. The standard InChI is InChI=1S/C25H40O3.C2H6/c1-23(2,28)12-5-6-16-8-10-20-19-9-7-17-14-18(26)11-13-24(17,3)22(19)21(27)15-25(16,20)4;1-2/h16-17,19-20,22,28H,5-15H2,1-4H3;1-2H3. The molecule has 4 fully saturated rings. The summed E-state index contributed by atoms with van der Waals surface area (Å²) in [6, 6.07) is 0. The second kappa shape index (κ2) is 8.68. The maximum Gasteiger partial charge on any atom is 0.137 e. The molecule has 4 aliphatic carbocycles. The lowest BCUT2D eigenvalue weighted by Crippen LogP contribution is -2.57. The molecule has 0 heterocycles. The summed E-state index contributed by atoms with van der Waals surface area (Å²) in [4.78, 5) is 25.6. The van der Waals surface area contributed by atoms with Gasteiger partial charge in [-0.15, -0.1) is 0 Å². The van der Waals surface area contributed by atoms with Crippen molar-refractivity contribution in [2.75, 3.05) is 0 Å². The van der Waals surface area contributed by atoms with Crippen LogP contribution in [0.5, 0.6) is 0 Å². The molecular weight excluding hydrogens is 372 g/mol. The average molecular weight is 419 g/mol. The molecule has 0 aromatic heterocycles. The van der Waals surface area contributed by atoms with E-state index in [1.54, 1.807) is 0 Å². The highest BCUT2D eigenvalue weighted by molar-refractivity contribution is 5.85. The second-order valence-electron chi connectivity index (χ2n) is 11.9. The normalized spacial score (nSPS) is 43.2. The number of ketones is 2. The summed E-state index contributed by atoms with van der Waals surface area (Å²) in [5.41, 5.74) is -0.364. The van der Waals surface area contributed by atoms with Gasteiger partial charge in [0.2, 0.25) is 0 Å². The Hall–Kier alpha value is -0.700. The molecule has 0 radical (unpaired) electrons. The fraction of sp³-hybridized carbons (Fsp3) is 0.926. The highest BCUT2D eigenvalue weighted by Gasteiger charge is 2.62. The fourth-order valence-electron chi connectivity index (χ4n) is 8.22. The number of fused-ring (bicyclic) bond motifs is 5. The van der Waals surface area contributed by atoms with E-state index in [2.05, 4.69) is 13.8 Å². The predicted octanol–water partition coefficient (Wildman–Crippen LogP) is 6.36. The zero-order valence-corrected chi connectivity index (χ0v) is 20.4. The van der Waals surface area contributed by atoms with Gasteiger partial charge < -0.3 is 5.11 Å². The van der Waals surface area contributed by atoms with Crippen LogP contribution in [-0.4, -0.2) is 22.3 Å². The maximum atomic E-state index is 13.6. The Morgan fingerprint density at radius 3 is 2.40 bits per heavy atom. The highest BCUT2D eigenvalue weighted by Crippen LogP contribution is 2.66. The second-order valence-corrected chi connectivity index (χ2v) is 11.9. The van der Waals surface area contributed by atoms with Gasteiger partial charge in [0.15, 0.2) is 0 Å². The number of rotatable bonds is 4. The molecule has 0 amide bonds. The molecule has 3 heteroatoms. The SMILES string of the molecule is CC.CC(C)(O)CCCC1CCC2C3CCC4CC(=O)CCC4(C)C3C(=O)CC12C. The van der Waals surface area contributed by atoms with Crippen LogP contribution in [0.1, 0.15) is 112 Å². The molecule has 0 spiro atoms. The van der Waals surface area contributed by atoms with Crippen LogP contribution >= 0.6 is 0 Å². The van der Waals surface area contributed by atoms with Gasteiger partial charge in [-0.1, -0.05) is 34.1 Å². The smallest absolute Gasteiger partial charge is 0.137 e. The summed E-state index contributed by atoms with van der Waals surface area (Å²) < 4.78 is 0. The number of carbonyl (C=O) groups excluding carboxylic acids is 2. The molecule has 4 aliphatic rings. The predicted molar refractivity (Wildman–Crippen MR) is 122 cm³/mol. The first-order valence-corrected chi connectivity index (χ1v) is 12.8. The van der Waals surface area contributed by atoms with Crippen molar-refractivity contribution in [1.82, 2.24) is 0 Å². The molecule has 0 aromatic rings. The van der Waals surface area contributed by atoms with Gasteiger partial charge in [-0.2, -0.15) is 0 Å². The summed E-state index contributed by atoms with van der Waals surface area (Å²) in [5.74, 6) is 3.42. The zero-order valence-electron chi connectivity index (χ0n) is 20.4. The first-order valence-electron chi connectivity index (χ1n) is 12.8. The molecule has 0 aromatic carbocycles. The summed E-state index contributed by atoms with van der Waals surface area (Å²) in [6.45, 7) is 12.5. The van der Waals surface area contributed by atoms with E-state index in [4.69, 9.17) is 0 Å². The first kappa shape index (κ1) is 24.0. The molecule has 4 saturated carbocycles. The maximum absolute atomic E-state index is 13.6. The third-order valence-corrected chi connectivity index (χ3v) is 9.70. The lowest BCUT2D eigenvalue weighted by Gasteiger charge is -2.59. The number of Topliss-reactive ketones (excluding diaryl/α,β-unsaturated/α-hetero) is 2. The van der Waals surface area contributed by atoms with Crippen LogP contribution in [-0.2, 0) is 9.59 Å². The quantitative estimate of drug-likeness (QED) is 0.578. The van der Waals surface area contributed by atoms with Crippen LogP contribution in [0.15, 0.2) is 0 Å². The molecule has 0 bridgehead atoms. The van der Waals surface area contributed by atoms with Crippen molar-refractivity contribution < 1.29 is 14.7 Å². The molecule has 172 valence electrons. The van der Waals surface area contributed by atoms with Gasteiger partial charge in [0, 0.05) is 25.2 Å². The Morgan fingerprint density at radius 2 is 1.73 bits per heavy atom. The third kappa shape index (κ3) is 4.17. The number of aliphatic hydroxyl groups is 1.